The number of carbonyl (C=O) groups is 2. The first kappa shape index (κ1) is 18.5. The van der Waals surface area contributed by atoms with Crippen molar-refractivity contribution in [3.05, 3.63) is 45.8 Å². The summed E-state index contributed by atoms with van der Waals surface area (Å²) >= 11 is 0. The number of aliphatic carboxylic acids is 1. The van der Waals surface area contributed by atoms with Crippen LogP contribution in [-0.2, 0) is 9.53 Å². The fourth-order valence-electron chi connectivity index (χ4n) is 2.91. The summed E-state index contributed by atoms with van der Waals surface area (Å²) in [6.07, 6.45) is -1.54. The van der Waals surface area contributed by atoms with Gasteiger partial charge in [0.15, 0.2) is 11.8 Å². The minimum absolute atomic E-state index is 0.0553. The molecule has 11 heteroatoms. The number of morpholine rings is 1. The number of carbonyl (C=O) groups excluding carboxylic acids is 1. The molecule has 142 valence electrons. The van der Waals surface area contributed by atoms with E-state index in [0.29, 0.717) is 11.4 Å². The maximum atomic E-state index is 12.8. The Kier molecular flexibility index (Phi) is 4.86. The van der Waals surface area contributed by atoms with Crippen molar-refractivity contribution < 1.29 is 24.4 Å². The van der Waals surface area contributed by atoms with Gasteiger partial charge in [0.05, 0.1) is 29.0 Å². The van der Waals surface area contributed by atoms with Gasteiger partial charge >= 0.3 is 5.97 Å². The summed E-state index contributed by atoms with van der Waals surface area (Å²) in [5.41, 5.74) is 0.736. The summed E-state index contributed by atoms with van der Waals surface area (Å²) < 4.78 is 6.64. The number of carboxylic acid groups (broad SMARTS) is 1. The summed E-state index contributed by atoms with van der Waals surface area (Å²) in [6, 6.07) is 5.80. The van der Waals surface area contributed by atoms with Gasteiger partial charge in [-0.05, 0) is 19.9 Å². The molecule has 2 atom stereocenters. The highest BCUT2D eigenvalue weighted by molar-refractivity contribution is 5.93. The number of ether oxygens (including phenoxy) is 1. The Bertz CT molecular complexity index is 910. The lowest BCUT2D eigenvalue weighted by molar-refractivity contribution is -0.384. The Labute approximate surface area is 153 Å². The van der Waals surface area contributed by atoms with E-state index in [1.165, 1.54) is 27.8 Å². The predicted octanol–water partition coefficient (Wildman–Crippen LogP) is 0.798. The number of nitro groups is 1. The minimum Gasteiger partial charge on any atom is -0.479 e. The van der Waals surface area contributed by atoms with Gasteiger partial charge in [-0.2, -0.15) is 0 Å². The largest absolute Gasteiger partial charge is 0.479 e. The highest BCUT2D eigenvalue weighted by atomic mass is 16.6. The summed E-state index contributed by atoms with van der Waals surface area (Å²) in [5.74, 6) is -1.61. The number of amides is 1. The van der Waals surface area contributed by atoms with Crippen LogP contribution in [0.15, 0.2) is 24.3 Å². The van der Waals surface area contributed by atoms with Crippen LogP contribution in [-0.4, -0.2) is 67.1 Å². The molecule has 2 aromatic rings. The standard InChI is InChI=1S/C16H17N5O6/c1-9-7-19(8-13(27-9)16(23)24)15(22)14-10(2)20(18-17-14)11-4-3-5-12(6-11)21(25)26/h3-6,9,13H,7-8H2,1-2H3,(H,23,24)/t9-,13?/m1/s1. The molecule has 0 radical (unpaired) electrons. The van der Waals surface area contributed by atoms with Gasteiger partial charge in [-0.1, -0.05) is 11.3 Å². The molecule has 0 aliphatic carbocycles. The number of hydrogen-bond acceptors (Lipinski definition) is 7. The van der Waals surface area contributed by atoms with Crippen LogP contribution >= 0.6 is 0 Å². The maximum absolute atomic E-state index is 12.8. The van der Waals surface area contributed by atoms with Crippen LogP contribution in [0.3, 0.4) is 0 Å². The molecular weight excluding hydrogens is 358 g/mol. The third-order valence-electron chi connectivity index (χ3n) is 4.21. The molecule has 1 aromatic carbocycles. The van der Waals surface area contributed by atoms with Gasteiger partial charge in [-0.3, -0.25) is 14.9 Å². The molecule has 0 spiro atoms. The van der Waals surface area contributed by atoms with E-state index in [0.717, 1.165) is 0 Å². The number of benzene rings is 1. The van der Waals surface area contributed by atoms with Crippen LogP contribution in [0.2, 0.25) is 0 Å². The van der Waals surface area contributed by atoms with Crippen LogP contribution in [0.4, 0.5) is 5.69 Å². The monoisotopic (exact) mass is 375 g/mol. The van der Waals surface area contributed by atoms with Crippen LogP contribution in [0.1, 0.15) is 23.1 Å². The molecule has 3 rings (SSSR count). The summed E-state index contributed by atoms with van der Waals surface area (Å²) in [4.78, 5) is 35.8. The lowest BCUT2D eigenvalue weighted by Gasteiger charge is -2.34. The molecule has 1 aliphatic heterocycles. The second-order valence-electron chi connectivity index (χ2n) is 6.20. The zero-order chi connectivity index (χ0) is 19.7. The average molecular weight is 375 g/mol. The fourth-order valence-corrected chi connectivity index (χ4v) is 2.91. The number of rotatable bonds is 4. The Morgan fingerprint density at radius 1 is 1.37 bits per heavy atom. The van der Waals surface area contributed by atoms with Gasteiger partial charge in [0.2, 0.25) is 0 Å². The van der Waals surface area contributed by atoms with Crippen molar-refractivity contribution in [1.29, 1.82) is 0 Å². The molecule has 11 nitrogen and oxygen atoms in total. The third kappa shape index (κ3) is 3.62. The lowest BCUT2D eigenvalue weighted by Crippen LogP contribution is -2.52. The SMILES string of the molecule is Cc1c(C(=O)N2CC(C(=O)O)O[C@H](C)C2)nnn1-c1cccc([N+](=O)[O-])c1. The van der Waals surface area contributed by atoms with E-state index in [1.54, 1.807) is 19.9 Å². The number of aromatic nitrogens is 3. The van der Waals surface area contributed by atoms with Gasteiger partial charge in [0.1, 0.15) is 0 Å². The number of hydrogen-bond donors (Lipinski definition) is 1. The number of nitrogens with zero attached hydrogens (tertiary/aromatic N) is 5. The van der Waals surface area contributed by atoms with E-state index < -0.39 is 29.0 Å². The van der Waals surface area contributed by atoms with Crippen LogP contribution in [0.5, 0.6) is 0 Å². The van der Waals surface area contributed by atoms with Crippen LogP contribution < -0.4 is 0 Å². The van der Waals surface area contributed by atoms with Crippen molar-refractivity contribution in [2.24, 2.45) is 0 Å². The zero-order valence-corrected chi connectivity index (χ0v) is 14.6. The van der Waals surface area contributed by atoms with E-state index in [9.17, 15) is 19.7 Å². The quantitative estimate of drug-likeness (QED) is 0.611. The van der Waals surface area contributed by atoms with Gasteiger partial charge < -0.3 is 14.7 Å². The van der Waals surface area contributed by atoms with Crippen molar-refractivity contribution in [1.82, 2.24) is 19.9 Å². The van der Waals surface area contributed by atoms with E-state index in [2.05, 4.69) is 10.3 Å². The minimum atomic E-state index is -1.14. The van der Waals surface area contributed by atoms with E-state index in [-0.39, 0.29) is 24.5 Å². The summed E-state index contributed by atoms with van der Waals surface area (Å²) in [7, 11) is 0. The van der Waals surface area contributed by atoms with E-state index in [1.807, 2.05) is 0 Å². The zero-order valence-electron chi connectivity index (χ0n) is 14.6. The molecule has 1 aliphatic rings. The molecule has 2 heterocycles. The highest BCUT2D eigenvalue weighted by Crippen LogP contribution is 2.20. The highest BCUT2D eigenvalue weighted by Gasteiger charge is 2.34. The van der Waals surface area contributed by atoms with E-state index >= 15 is 0 Å². The summed E-state index contributed by atoms with van der Waals surface area (Å²) in [6.45, 7) is 3.43. The normalized spacial score (nSPS) is 19.7. The smallest absolute Gasteiger partial charge is 0.334 e. The van der Waals surface area contributed by atoms with Crippen molar-refractivity contribution in [2.75, 3.05) is 13.1 Å². The average Bonchev–Trinajstić information content (AvgIpc) is 3.02. The Morgan fingerprint density at radius 3 is 2.78 bits per heavy atom. The Morgan fingerprint density at radius 2 is 2.11 bits per heavy atom. The Balaban J connectivity index is 1.88. The Hall–Kier alpha value is -3.34. The maximum Gasteiger partial charge on any atom is 0.334 e. The molecule has 27 heavy (non-hydrogen) atoms. The third-order valence-corrected chi connectivity index (χ3v) is 4.21. The molecule has 0 bridgehead atoms. The second kappa shape index (κ2) is 7.11. The fraction of sp³-hybridized carbons (Fsp3) is 0.375. The van der Waals surface area contributed by atoms with Crippen molar-refractivity contribution in [2.45, 2.75) is 26.1 Å². The first-order valence-electron chi connectivity index (χ1n) is 8.12. The molecule has 0 saturated carbocycles. The summed E-state index contributed by atoms with van der Waals surface area (Å²) in [5, 5.41) is 27.9. The van der Waals surface area contributed by atoms with Gasteiger partial charge in [0.25, 0.3) is 11.6 Å². The van der Waals surface area contributed by atoms with Crippen molar-refractivity contribution >= 4 is 17.6 Å². The van der Waals surface area contributed by atoms with E-state index in [4.69, 9.17) is 9.84 Å². The first-order valence-corrected chi connectivity index (χ1v) is 8.12. The molecule has 1 amide bonds. The van der Waals surface area contributed by atoms with Crippen molar-refractivity contribution in [3.8, 4) is 5.69 Å². The number of carboxylic acids is 1. The van der Waals surface area contributed by atoms with Gasteiger partial charge in [-0.15, -0.1) is 5.10 Å². The van der Waals surface area contributed by atoms with Gasteiger partial charge in [0, 0.05) is 18.7 Å². The van der Waals surface area contributed by atoms with Crippen molar-refractivity contribution in [3.63, 3.8) is 0 Å². The number of nitro benzene ring substituents is 1. The first-order chi connectivity index (χ1) is 12.8. The molecule has 1 aromatic heterocycles. The lowest BCUT2D eigenvalue weighted by atomic mass is 10.2. The second-order valence-corrected chi connectivity index (χ2v) is 6.20. The molecule has 1 fully saturated rings. The predicted molar refractivity (Wildman–Crippen MR) is 90.6 cm³/mol. The number of non-ortho nitro benzene ring substituents is 1. The molecular formula is C16H17N5O6. The van der Waals surface area contributed by atoms with Crippen LogP contribution in [0.25, 0.3) is 5.69 Å². The van der Waals surface area contributed by atoms with Crippen LogP contribution in [0, 0.1) is 17.0 Å². The molecule has 1 saturated heterocycles. The topological polar surface area (TPSA) is 141 Å². The van der Waals surface area contributed by atoms with Gasteiger partial charge in [-0.25, -0.2) is 9.48 Å². The molecule has 1 unspecified atom stereocenters. The molecule has 1 N–H and O–H groups in total.